The molecular weight excluding hydrogens is 375 g/mol. The van der Waals surface area contributed by atoms with Crippen LogP contribution in [0.3, 0.4) is 0 Å². The molecule has 3 N–H and O–H groups in total. The van der Waals surface area contributed by atoms with E-state index in [1.807, 2.05) is 11.9 Å². The third-order valence-corrected chi connectivity index (χ3v) is 5.04. The minimum atomic E-state index is -4.44. The van der Waals surface area contributed by atoms with Crippen molar-refractivity contribution in [1.29, 1.82) is 0 Å². The number of alkyl halides is 3. The predicted molar refractivity (Wildman–Crippen MR) is 99.6 cm³/mol. The normalized spacial score (nSPS) is 19.4. The molecule has 0 radical (unpaired) electrons. The molecule has 0 aliphatic carbocycles. The van der Waals surface area contributed by atoms with Crippen molar-refractivity contribution in [2.45, 2.75) is 18.6 Å². The summed E-state index contributed by atoms with van der Waals surface area (Å²) < 4.78 is 40.3. The van der Waals surface area contributed by atoms with E-state index in [0.29, 0.717) is 31.7 Å². The van der Waals surface area contributed by atoms with Gasteiger partial charge in [0.25, 0.3) is 5.91 Å². The van der Waals surface area contributed by atoms with Crippen LogP contribution in [0.5, 0.6) is 0 Å². The molecule has 2 aliphatic heterocycles. The van der Waals surface area contributed by atoms with Gasteiger partial charge in [-0.05, 0) is 18.2 Å². The minimum Gasteiger partial charge on any atom is -0.372 e. The molecule has 3 rings (SSSR count). The molecule has 0 aromatic heterocycles. The van der Waals surface area contributed by atoms with E-state index in [1.165, 1.54) is 11.0 Å². The van der Waals surface area contributed by atoms with E-state index in [4.69, 9.17) is 0 Å². The van der Waals surface area contributed by atoms with Crippen LogP contribution < -0.4 is 20.9 Å². The summed E-state index contributed by atoms with van der Waals surface area (Å²) in [6.45, 7) is 1.54. The Labute approximate surface area is 161 Å². The number of nitrogens with zero attached hydrogens (tertiary/aromatic N) is 2. The van der Waals surface area contributed by atoms with Crippen LogP contribution in [-0.2, 0) is 4.79 Å². The molecule has 1 aromatic rings. The number of carbonyl (C=O) groups excluding carboxylic acids is 2. The summed E-state index contributed by atoms with van der Waals surface area (Å²) in [5.74, 6) is -0.771. The quantitative estimate of drug-likeness (QED) is 0.705. The van der Waals surface area contributed by atoms with E-state index < -0.39 is 24.7 Å². The zero-order valence-electron chi connectivity index (χ0n) is 15.6. The molecule has 1 saturated heterocycles. The van der Waals surface area contributed by atoms with Crippen LogP contribution in [0.1, 0.15) is 16.8 Å². The minimum absolute atomic E-state index is 0.168. The van der Waals surface area contributed by atoms with Crippen molar-refractivity contribution in [3.05, 3.63) is 23.8 Å². The van der Waals surface area contributed by atoms with Crippen LogP contribution in [0, 0.1) is 0 Å². The van der Waals surface area contributed by atoms with Crippen molar-refractivity contribution >= 4 is 23.2 Å². The number of hydrogen-bond acceptors (Lipinski definition) is 5. The van der Waals surface area contributed by atoms with Crippen molar-refractivity contribution in [2.24, 2.45) is 0 Å². The smallest absolute Gasteiger partial charge is 0.372 e. The number of carbonyl (C=O) groups is 2. The molecule has 2 aliphatic rings. The Balaban J connectivity index is 1.70. The lowest BCUT2D eigenvalue weighted by molar-refractivity contribution is -0.183. The Hall–Kier alpha value is -2.33. The third-order valence-electron chi connectivity index (χ3n) is 5.04. The van der Waals surface area contributed by atoms with Gasteiger partial charge in [0, 0.05) is 58.3 Å². The average Bonchev–Trinajstić information content (AvgIpc) is 2.79. The number of halogens is 3. The standard InChI is InChI=1S/C18H24F3N5O2/c1-25-7-4-16(27)24-13-10-12(2-3-14(13)25)17(28)23-11-15(18(19,20)21)26-8-5-22-6-9-26/h2-3,10,15,22H,4-9,11H2,1H3,(H,23,28)(H,24,27). The van der Waals surface area contributed by atoms with Crippen LogP contribution in [0.2, 0.25) is 0 Å². The molecule has 154 valence electrons. The molecular formula is C18H24F3N5O2. The molecule has 1 aromatic carbocycles. The molecule has 1 atom stereocenters. The number of piperazine rings is 1. The first-order valence-electron chi connectivity index (χ1n) is 9.20. The van der Waals surface area contributed by atoms with E-state index in [1.54, 1.807) is 12.1 Å². The summed E-state index contributed by atoms with van der Waals surface area (Å²) in [5, 5.41) is 8.15. The van der Waals surface area contributed by atoms with Gasteiger partial charge in [-0.1, -0.05) is 0 Å². The topological polar surface area (TPSA) is 76.7 Å². The summed E-state index contributed by atoms with van der Waals surface area (Å²) in [5.41, 5.74) is 1.44. The molecule has 1 unspecified atom stereocenters. The van der Waals surface area contributed by atoms with Gasteiger partial charge >= 0.3 is 6.18 Å². The van der Waals surface area contributed by atoms with Crippen molar-refractivity contribution in [3.63, 3.8) is 0 Å². The molecule has 10 heteroatoms. The lowest BCUT2D eigenvalue weighted by Gasteiger charge is -2.35. The van der Waals surface area contributed by atoms with Crippen molar-refractivity contribution in [3.8, 4) is 0 Å². The first kappa shape index (κ1) is 20.4. The molecule has 0 bridgehead atoms. The zero-order valence-corrected chi connectivity index (χ0v) is 15.6. The lowest BCUT2D eigenvalue weighted by Crippen LogP contribution is -2.57. The Bertz CT molecular complexity index is 734. The van der Waals surface area contributed by atoms with E-state index >= 15 is 0 Å². The first-order valence-corrected chi connectivity index (χ1v) is 9.20. The molecule has 2 amide bonds. The summed E-state index contributed by atoms with van der Waals surface area (Å²) in [4.78, 5) is 27.5. The number of nitrogens with one attached hydrogen (secondary N) is 3. The Morgan fingerprint density at radius 1 is 1.25 bits per heavy atom. The van der Waals surface area contributed by atoms with Gasteiger partial charge in [-0.2, -0.15) is 13.2 Å². The maximum atomic E-state index is 13.4. The second-order valence-electron chi connectivity index (χ2n) is 7.01. The largest absolute Gasteiger partial charge is 0.405 e. The van der Waals surface area contributed by atoms with E-state index in [-0.39, 0.29) is 24.6 Å². The van der Waals surface area contributed by atoms with Gasteiger partial charge in [-0.3, -0.25) is 14.5 Å². The second kappa shape index (κ2) is 8.36. The highest BCUT2D eigenvalue weighted by Crippen LogP contribution is 2.29. The van der Waals surface area contributed by atoms with Gasteiger partial charge in [0.2, 0.25) is 5.91 Å². The fourth-order valence-electron chi connectivity index (χ4n) is 3.45. The maximum Gasteiger partial charge on any atom is 0.405 e. The van der Waals surface area contributed by atoms with Gasteiger partial charge in [-0.25, -0.2) is 0 Å². The fourth-order valence-corrected chi connectivity index (χ4v) is 3.45. The average molecular weight is 399 g/mol. The van der Waals surface area contributed by atoms with Gasteiger partial charge in [0.1, 0.15) is 6.04 Å². The maximum absolute atomic E-state index is 13.4. The van der Waals surface area contributed by atoms with Crippen LogP contribution in [-0.4, -0.2) is 75.2 Å². The fraction of sp³-hybridized carbons (Fsp3) is 0.556. The highest BCUT2D eigenvalue weighted by atomic mass is 19.4. The molecule has 1 fully saturated rings. The summed E-state index contributed by atoms with van der Waals surface area (Å²) >= 11 is 0. The van der Waals surface area contributed by atoms with E-state index in [9.17, 15) is 22.8 Å². The van der Waals surface area contributed by atoms with Gasteiger partial charge < -0.3 is 20.9 Å². The predicted octanol–water partition coefficient (Wildman–Crippen LogP) is 1.03. The van der Waals surface area contributed by atoms with Crippen LogP contribution in [0.25, 0.3) is 0 Å². The summed E-state index contributed by atoms with van der Waals surface area (Å²) in [6, 6.07) is 3.01. The van der Waals surface area contributed by atoms with Crippen LogP contribution >= 0.6 is 0 Å². The van der Waals surface area contributed by atoms with Crippen molar-refractivity contribution in [2.75, 3.05) is 56.5 Å². The number of anilines is 2. The molecule has 0 spiro atoms. The number of amides is 2. The Morgan fingerprint density at radius 2 is 1.96 bits per heavy atom. The van der Waals surface area contributed by atoms with Crippen molar-refractivity contribution < 1.29 is 22.8 Å². The number of hydrogen-bond donors (Lipinski definition) is 3. The molecule has 28 heavy (non-hydrogen) atoms. The molecule has 0 saturated carbocycles. The van der Waals surface area contributed by atoms with E-state index in [2.05, 4.69) is 16.0 Å². The number of fused-ring (bicyclic) bond motifs is 1. The van der Waals surface area contributed by atoms with Gasteiger partial charge in [0.15, 0.2) is 0 Å². The van der Waals surface area contributed by atoms with Crippen molar-refractivity contribution in [1.82, 2.24) is 15.5 Å². The Kier molecular flexibility index (Phi) is 6.09. The van der Waals surface area contributed by atoms with Crippen LogP contribution in [0.15, 0.2) is 18.2 Å². The zero-order chi connectivity index (χ0) is 20.3. The highest BCUT2D eigenvalue weighted by Gasteiger charge is 2.43. The monoisotopic (exact) mass is 399 g/mol. The number of rotatable bonds is 4. The summed E-state index contributed by atoms with van der Waals surface area (Å²) in [7, 11) is 1.83. The first-order chi connectivity index (χ1) is 13.3. The van der Waals surface area contributed by atoms with Crippen LogP contribution in [0.4, 0.5) is 24.5 Å². The van der Waals surface area contributed by atoms with E-state index in [0.717, 1.165) is 5.69 Å². The van der Waals surface area contributed by atoms with Gasteiger partial charge in [0.05, 0.1) is 11.4 Å². The third kappa shape index (κ3) is 4.74. The second-order valence-corrected chi connectivity index (χ2v) is 7.01. The SMILES string of the molecule is CN1CCC(=O)Nc2cc(C(=O)NCC(N3CCNCC3)C(F)(F)F)ccc21. The van der Waals surface area contributed by atoms with Gasteiger partial charge in [-0.15, -0.1) is 0 Å². The highest BCUT2D eigenvalue weighted by molar-refractivity contribution is 6.00. The Morgan fingerprint density at radius 3 is 2.64 bits per heavy atom. The summed E-state index contributed by atoms with van der Waals surface area (Å²) in [6.07, 6.45) is -4.11. The number of benzene rings is 1. The molecule has 7 nitrogen and oxygen atoms in total. The molecule has 2 heterocycles. The lowest BCUT2D eigenvalue weighted by atomic mass is 10.1.